The van der Waals surface area contributed by atoms with Crippen molar-refractivity contribution in [3.8, 4) is 0 Å². The summed E-state index contributed by atoms with van der Waals surface area (Å²) in [5.74, 6) is 0. The van der Waals surface area contributed by atoms with Crippen LogP contribution in [0.25, 0.3) is 0 Å². The summed E-state index contributed by atoms with van der Waals surface area (Å²) in [5, 5.41) is 9.12. The fourth-order valence-electron chi connectivity index (χ4n) is 2.75. The van der Waals surface area contributed by atoms with Gasteiger partial charge in [-0.1, -0.05) is 0 Å². The second-order valence-electron chi connectivity index (χ2n) is 5.69. The molecule has 2 unspecified atom stereocenters. The highest BCUT2D eigenvalue weighted by Crippen LogP contribution is 2.21. The molecule has 4 heteroatoms. The van der Waals surface area contributed by atoms with Crippen molar-refractivity contribution in [1.82, 2.24) is 9.80 Å². The lowest BCUT2D eigenvalue weighted by Gasteiger charge is -2.38. The van der Waals surface area contributed by atoms with Gasteiger partial charge in [0, 0.05) is 37.8 Å². The predicted molar refractivity (Wildman–Crippen MR) is 65.3 cm³/mol. The van der Waals surface area contributed by atoms with Gasteiger partial charge in [0.05, 0.1) is 6.61 Å². The number of rotatable bonds is 4. The van der Waals surface area contributed by atoms with E-state index in [1.807, 2.05) is 6.92 Å². The Bertz CT molecular complexity index is 232. The van der Waals surface area contributed by atoms with Crippen LogP contribution in [0.15, 0.2) is 0 Å². The van der Waals surface area contributed by atoms with Crippen LogP contribution < -0.4 is 5.73 Å². The van der Waals surface area contributed by atoms with Crippen molar-refractivity contribution >= 4 is 0 Å². The van der Waals surface area contributed by atoms with Gasteiger partial charge in [0.15, 0.2) is 0 Å². The summed E-state index contributed by atoms with van der Waals surface area (Å²) in [4.78, 5) is 5.12. The molecule has 16 heavy (non-hydrogen) atoms. The van der Waals surface area contributed by atoms with Crippen molar-refractivity contribution in [3.63, 3.8) is 0 Å². The molecule has 0 aromatic carbocycles. The molecule has 0 radical (unpaired) electrons. The molecule has 4 nitrogen and oxygen atoms in total. The molecule has 2 heterocycles. The molecule has 2 fully saturated rings. The minimum atomic E-state index is -0.410. The molecular formula is C12H25N3O. The molecule has 0 bridgehead atoms. The summed E-state index contributed by atoms with van der Waals surface area (Å²) < 4.78 is 0. The van der Waals surface area contributed by atoms with Crippen molar-refractivity contribution in [2.24, 2.45) is 5.73 Å². The minimum Gasteiger partial charge on any atom is -0.394 e. The quantitative estimate of drug-likeness (QED) is 0.702. The van der Waals surface area contributed by atoms with Crippen LogP contribution in [0.2, 0.25) is 0 Å². The average Bonchev–Trinajstić information content (AvgIpc) is 2.73. The van der Waals surface area contributed by atoms with E-state index in [4.69, 9.17) is 10.8 Å². The van der Waals surface area contributed by atoms with E-state index in [2.05, 4.69) is 9.80 Å². The van der Waals surface area contributed by atoms with E-state index in [1.54, 1.807) is 0 Å². The molecule has 3 N–H and O–H groups in total. The third kappa shape index (κ3) is 2.94. The van der Waals surface area contributed by atoms with Gasteiger partial charge in [-0.2, -0.15) is 0 Å². The lowest BCUT2D eigenvalue weighted by atomic mass is 10.00. The summed E-state index contributed by atoms with van der Waals surface area (Å²) >= 11 is 0. The Hall–Kier alpha value is -0.160. The van der Waals surface area contributed by atoms with Gasteiger partial charge in [-0.05, 0) is 32.7 Å². The predicted octanol–water partition coefficient (Wildman–Crippen LogP) is -0.134. The highest BCUT2D eigenvalue weighted by molar-refractivity contribution is 4.88. The smallest absolute Gasteiger partial charge is 0.0608 e. The summed E-state index contributed by atoms with van der Waals surface area (Å²) in [6.45, 7) is 7.90. The standard InChI is InChI=1S/C12H25N3O/c1-12(13,10-16)4-6-14-7-8-15-5-2-3-11(15)9-14/h11,16H,2-10,13H2,1H3. The second-order valence-corrected chi connectivity index (χ2v) is 5.69. The first-order valence-electron chi connectivity index (χ1n) is 6.47. The lowest BCUT2D eigenvalue weighted by molar-refractivity contribution is 0.0925. The fourth-order valence-corrected chi connectivity index (χ4v) is 2.75. The molecule has 0 spiro atoms. The maximum atomic E-state index is 9.12. The van der Waals surface area contributed by atoms with Crippen molar-refractivity contribution in [3.05, 3.63) is 0 Å². The van der Waals surface area contributed by atoms with Gasteiger partial charge in [-0.3, -0.25) is 4.90 Å². The van der Waals surface area contributed by atoms with Gasteiger partial charge in [-0.15, -0.1) is 0 Å². The van der Waals surface area contributed by atoms with Gasteiger partial charge in [0.25, 0.3) is 0 Å². The Balaban J connectivity index is 1.75. The van der Waals surface area contributed by atoms with Crippen LogP contribution in [-0.2, 0) is 0 Å². The molecule has 2 saturated heterocycles. The van der Waals surface area contributed by atoms with E-state index in [0.717, 1.165) is 25.6 Å². The molecule has 0 aromatic heterocycles. The number of nitrogens with two attached hydrogens (primary N) is 1. The Kier molecular flexibility index (Phi) is 3.85. The number of aliphatic hydroxyl groups excluding tert-OH is 1. The minimum absolute atomic E-state index is 0.0798. The monoisotopic (exact) mass is 227 g/mol. The van der Waals surface area contributed by atoms with Crippen LogP contribution >= 0.6 is 0 Å². The molecule has 2 rings (SSSR count). The first-order chi connectivity index (χ1) is 7.61. The van der Waals surface area contributed by atoms with Crippen molar-refractivity contribution in [2.75, 3.05) is 39.3 Å². The molecule has 0 amide bonds. The van der Waals surface area contributed by atoms with Gasteiger partial charge < -0.3 is 15.7 Å². The average molecular weight is 227 g/mol. The van der Waals surface area contributed by atoms with Crippen molar-refractivity contribution in [1.29, 1.82) is 0 Å². The number of hydrogen-bond donors (Lipinski definition) is 2. The number of fused-ring (bicyclic) bond motifs is 1. The van der Waals surface area contributed by atoms with E-state index >= 15 is 0 Å². The molecule has 2 aliphatic rings. The van der Waals surface area contributed by atoms with E-state index in [0.29, 0.717) is 0 Å². The third-order valence-corrected chi connectivity index (χ3v) is 4.03. The van der Waals surface area contributed by atoms with Crippen LogP contribution in [0.1, 0.15) is 26.2 Å². The number of hydrogen-bond acceptors (Lipinski definition) is 4. The largest absolute Gasteiger partial charge is 0.394 e. The highest BCUT2D eigenvalue weighted by atomic mass is 16.3. The lowest BCUT2D eigenvalue weighted by Crippen LogP contribution is -2.52. The first kappa shape index (κ1) is 12.3. The van der Waals surface area contributed by atoms with Gasteiger partial charge in [0.1, 0.15) is 0 Å². The number of aliphatic hydroxyl groups is 1. The maximum Gasteiger partial charge on any atom is 0.0608 e. The molecule has 2 aliphatic heterocycles. The number of nitrogens with zero attached hydrogens (tertiary/aromatic N) is 2. The Morgan fingerprint density at radius 1 is 1.38 bits per heavy atom. The van der Waals surface area contributed by atoms with Crippen molar-refractivity contribution in [2.45, 2.75) is 37.8 Å². The van der Waals surface area contributed by atoms with Crippen LogP contribution in [0.4, 0.5) is 0 Å². The van der Waals surface area contributed by atoms with Crippen LogP contribution in [0.3, 0.4) is 0 Å². The fraction of sp³-hybridized carbons (Fsp3) is 1.00. The highest BCUT2D eigenvalue weighted by Gasteiger charge is 2.30. The number of piperazine rings is 1. The summed E-state index contributed by atoms with van der Waals surface area (Å²) in [6, 6.07) is 0.784. The molecule has 94 valence electrons. The van der Waals surface area contributed by atoms with E-state index in [-0.39, 0.29) is 6.61 Å². The van der Waals surface area contributed by atoms with Gasteiger partial charge in [0.2, 0.25) is 0 Å². The van der Waals surface area contributed by atoms with E-state index < -0.39 is 5.54 Å². The third-order valence-electron chi connectivity index (χ3n) is 4.03. The Morgan fingerprint density at radius 3 is 2.94 bits per heavy atom. The second kappa shape index (κ2) is 5.00. The SMILES string of the molecule is CC(N)(CO)CCN1CCN2CCCC2C1. The molecule has 2 atom stereocenters. The summed E-state index contributed by atoms with van der Waals surface area (Å²) in [5.41, 5.74) is 5.54. The summed E-state index contributed by atoms with van der Waals surface area (Å²) in [6.07, 6.45) is 3.61. The first-order valence-corrected chi connectivity index (χ1v) is 6.47. The zero-order chi connectivity index (χ0) is 11.6. The Morgan fingerprint density at radius 2 is 2.19 bits per heavy atom. The van der Waals surface area contributed by atoms with E-state index in [1.165, 1.54) is 32.5 Å². The van der Waals surface area contributed by atoms with Crippen LogP contribution in [-0.4, -0.2) is 65.8 Å². The molecule has 0 aliphatic carbocycles. The molecule has 0 aromatic rings. The van der Waals surface area contributed by atoms with Crippen molar-refractivity contribution < 1.29 is 5.11 Å². The Labute approximate surface area is 98.4 Å². The zero-order valence-electron chi connectivity index (χ0n) is 10.4. The van der Waals surface area contributed by atoms with Gasteiger partial charge >= 0.3 is 0 Å². The maximum absolute atomic E-state index is 9.12. The summed E-state index contributed by atoms with van der Waals surface area (Å²) in [7, 11) is 0. The molecular weight excluding hydrogens is 202 g/mol. The normalized spacial score (nSPS) is 31.3. The zero-order valence-corrected chi connectivity index (χ0v) is 10.4. The van der Waals surface area contributed by atoms with Crippen LogP contribution in [0.5, 0.6) is 0 Å². The molecule has 0 saturated carbocycles. The van der Waals surface area contributed by atoms with Gasteiger partial charge in [-0.25, -0.2) is 0 Å². The topological polar surface area (TPSA) is 52.7 Å². The van der Waals surface area contributed by atoms with E-state index in [9.17, 15) is 0 Å². The van der Waals surface area contributed by atoms with Crippen LogP contribution in [0, 0.1) is 0 Å².